The lowest BCUT2D eigenvalue weighted by Crippen LogP contribution is -2.00. The minimum absolute atomic E-state index is 0.343. The van der Waals surface area contributed by atoms with E-state index in [1.54, 1.807) is 0 Å². The standard InChI is InChI=1S/C15H11Cl2IN2/c1-9-2-4-11(17)14(6-9)20-13-5-3-10(18)7-12(13)19-15(20)8-16/h2-7H,8H2,1H3. The molecule has 0 saturated carbocycles. The number of imidazole rings is 1. The molecule has 1 heterocycles. The molecule has 0 aliphatic rings. The zero-order valence-electron chi connectivity index (χ0n) is 10.7. The van der Waals surface area contributed by atoms with E-state index in [2.05, 4.69) is 45.8 Å². The van der Waals surface area contributed by atoms with Crippen molar-refractivity contribution >= 4 is 56.8 Å². The summed E-state index contributed by atoms with van der Waals surface area (Å²) in [4.78, 5) is 4.61. The largest absolute Gasteiger partial charge is 0.294 e. The van der Waals surface area contributed by atoms with Gasteiger partial charge in [-0.3, -0.25) is 4.57 Å². The van der Waals surface area contributed by atoms with Crippen LogP contribution in [0, 0.1) is 10.5 Å². The minimum atomic E-state index is 0.343. The number of aromatic nitrogens is 2. The number of aryl methyl sites for hydroxylation is 1. The Kier molecular flexibility index (Phi) is 3.93. The van der Waals surface area contributed by atoms with Crippen LogP contribution in [0.15, 0.2) is 36.4 Å². The Morgan fingerprint density at radius 2 is 2.00 bits per heavy atom. The molecule has 0 N–H and O–H groups in total. The van der Waals surface area contributed by atoms with Gasteiger partial charge >= 0.3 is 0 Å². The predicted octanol–water partition coefficient (Wildman–Crippen LogP) is 5.33. The number of benzene rings is 2. The number of hydrogen-bond donors (Lipinski definition) is 0. The van der Waals surface area contributed by atoms with Crippen LogP contribution in [0.2, 0.25) is 5.02 Å². The number of rotatable bonds is 2. The molecule has 0 bridgehead atoms. The van der Waals surface area contributed by atoms with Crippen molar-refractivity contribution in [1.29, 1.82) is 0 Å². The van der Waals surface area contributed by atoms with Gasteiger partial charge in [0.2, 0.25) is 0 Å². The quantitative estimate of drug-likeness (QED) is 0.407. The summed E-state index contributed by atoms with van der Waals surface area (Å²) in [6, 6.07) is 12.1. The van der Waals surface area contributed by atoms with E-state index >= 15 is 0 Å². The van der Waals surface area contributed by atoms with E-state index in [0.29, 0.717) is 10.9 Å². The Hall–Kier alpha value is -0.780. The molecule has 0 amide bonds. The molecule has 102 valence electrons. The lowest BCUT2D eigenvalue weighted by atomic mass is 10.2. The number of alkyl halides is 1. The van der Waals surface area contributed by atoms with Crippen LogP contribution < -0.4 is 0 Å². The molecule has 0 aliphatic heterocycles. The fourth-order valence-corrected chi connectivity index (χ4v) is 3.11. The van der Waals surface area contributed by atoms with E-state index in [1.165, 1.54) is 0 Å². The summed E-state index contributed by atoms with van der Waals surface area (Å²) >= 11 is 14.7. The summed E-state index contributed by atoms with van der Waals surface area (Å²) in [6.07, 6.45) is 0. The van der Waals surface area contributed by atoms with Gasteiger partial charge in [0.05, 0.1) is 27.6 Å². The first-order valence-electron chi connectivity index (χ1n) is 6.09. The summed E-state index contributed by atoms with van der Waals surface area (Å²) in [6.45, 7) is 2.04. The summed E-state index contributed by atoms with van der Waals surface area (Å²) in [5.74, 6) is 1.14. The average molecular weight is 417 g/mol. The minimum Gasteiger partial charge on any atom is -0.294 e. The number of fused-ring (bicyclic) bond motifs is 1. The van der Waals surface area contributed by atoms with E-state index in [4.69, 9.17) is 23.2 Å². The molecule has 2 aromatic carbocycles. The summed E-state index contributed by atoms with van der Waals surface area (Å²) < 4.78 is 3.18. The normalized spacial score (nSPS) is 11.2. The van der Waals surface area contributed by atoms with Crippen molar-refractivity contribution in [3.63, 3.8) is 0 Å². The SMILES string of the molecule is Cc1ccc(Cl)c(-n2c(CCl)nc3cc(I)ccc32)c1. The lowest BCUT2D eigenvalue weighted by molar-refractivity contribution is 0.980. The highest BCUT2D eigenvalue weighted by Crippen LogP contribution is 2.29. The smallest absolute Gasteiger partial charge is 0.129 e. The summed E-state index contributed by atoms with van der Waals surface area (Å²) in [7, 11) is 0. The van der Waals surface area contributed by atoms with E-state index < -0.39 is 0 Å². The van der Waals surface area contributed by atoms with Crippen LogP contribution in [0.4, 0.5) is 0 Å². The third-order valence-corrected chi connectivity index (χ3v) is 4.38. The van der Waals surface area contributed by atoms with Crippen molar-refractivity contribution in [2.75, 3.05) is 0 Å². The molecular formula is C15H11Cl2IN2. The summed E-state index contributed by atoms with van der Waals surface area (Å²) in [5, 5.41) is 0.694. The topological polar surface area (TPSA) is 17.8 Å². The van der Waals surface area contributed by atoms with Crippen LogP contribution in [0.3, 0.4) is 0 Å². The molecule has 0 saturated heterocycles. The second-order valence-electron chi connectivity index (χ2n) is 4.58. The van der Waals surface area contributed by atoms with Crippen molar-refractivity contribution in [2.45, 2.75) is 12.8 Å². The molecule has 2 nitrogen and oxygen atoms in total. The van der Waals surface area contributed by atoms with Gasteiger partial charge in [0.15, 0.2) is 0 Å². The Morgan fingerprint density at radius 3 is 2.75 bits per heavy atom. The Bertz CT molecular complexity index is 796. The van der Waals surface area contributed by atoms with Crippen LogP contribution >= 0.6 is 45.8 Å². The van der Waals surface area contributed by atoms with E-state index in [-0.39, 0.29) is 0 Å². The molecule has 5 heteroatoms. The van der Waals surface area contributed by atoms with Crippen molar-refractivity contribution in [3.05, 3.63) is 56.4 Å². The van der Waals surface area contributed by atoms with Crippen molar-refractivity contribution in [3.8, 4) is 5.69 Å². The molecule has 0 fully saturated rings. The van der Waals surface area contributed by atoms with Crippen LogP contribution in [-0.2, 0) is 5.88 Å². The fourth-order valence-electron chi connectivity index (χ4n) is 2.26. The first-order chi connectivity index (χ1) is 9.60. The Balaban J connectivity index is 2.37. The second-order valence-corrected chi connectivity index (χ2v) is 6.51. The molecule has 0 spiro atoms. The van der Waals surface area contributed by atoms with Crippen LogP contribution in [0.25, 0.3) is 16.7 Å². The second kappa shape index (κ2) is 5.54. The number of hydrogen-bond acceptors (Lipinski definition) is 1. The average Bonchev–Trinajstić information content (AvgIpc) is 2.78. The first kappa shape index (κ1) is 14.2. The highest BCUT2D eigenvalue weighted by molar-refractivity contribution is 14.1. The molecule has 1 aromatic heterocycles. The van der Waals surface area contributed by atoms with Crippen molar-refractivity contribution in [1.82, 2.24) is 9.55 Å². The maximum Gasteiger partial charge on any atom is 0.129 e. The van der Waals surface area contributed by atoms with E-state index in [1.807, 2.05) is 29.7 Å². The monoisotopic (exact) mass is 416 g/mol. The molecule has 20 heavy (non-hydrogen) atoms. The Labute approximate surface area is 140 Å². The highest BCUT2D eigenvalue weighted by Gasteiger charge is 2.14. The first-order valence-corrected chi connectivity index (χ1v) is 8.08. The Morgan fingerprint density at radius 1 is 1.20 bits per heavy atom. The third kappa shape index (κ3) is 2.43. The van der Waals surface area contributed by atoms with Gasteiger partial charge in [0, 0.05) is 3.57 Å². The van der Waals surface area contributed by atoms with Gasteiger partial charge < -0.3 is 0 Å². The lowest BCUT2D eigenvalue weighted by Gasteiger charge is -2.11. The van der Waals surface area contributed by atoms with Gasteiger partial charge in [0.1, 0.15) is 5.82 Å². The molecule has 3 rings (SSSR count). The van der Waals surface area contributed by atoms with Gasteiger partial charge in [-0.2, -0.15) is 0 Å². The number of halogens is 3. The molecular weight excluding hydrogens is 406 g/mol. The van der Waals surface area contributed by atoms with Gasteiger partial charge in [-0.25, -0.2) is 4.98 Å². The van der Waals surface area contributed by atoms with Crippen LogP contribution in [0.1, 0.15) is 11.4 Å². The van der Waals surface area contributed by atoms with E-state index in [0.717, 1.165) is 31.7 Å². The zero-order chi connectivity index (χ0) is 14.3. The van der Waals surface area contributed by atoms with Crippen molar-refractivity contribution in [2.24, 2.45) is 0 Å². The van der Waals surface area contributed by atoms with Crippen LogP contribution in [0.5, 0.6) is 0 Å². The van der Waals surface area contributed by atoms with Gasteiger partial charge in [-0.1, -0.05) is 17.7 Å². The van der Waals surface area contributed by atoms with Gasteiger partial charge in [0.25, 0.3) is 0 Å². The summed E-state index contributed by atoms with van der Waals surface area (Å²) in [5.41, 5.74) is 4.03. The zero-order valence-corrected chi connectivity index (χ0v) is 14.4. The molecule has 0 radical (unpaired) electrons. The van der Waals surface area contributed by atoms with E-state index in [9.17, 15) is 0 Å². The maximum atomic E-state index is 6.36. The highest BCUT2D eigenvalue weighted by atomic mass is 127. The molecule has 3 aromatic rings. The van der Waals surface area contributed by atoms with Gasteiger partial charge in [-0.05, 0) is 65.4 Å². The molecule has 0 aliphatic carbocycles. The molecule has 0 unspecified atom stereocenters. The van der Waals surface area contributed by atoms with Crippen LogP contribution in [-0.4, -0.2) is 9.55 Å². The van der Waals surface area contributed by atoms with Crippen molar-refractivity contribution < 1.29 is 0 Å². The number of nitrogens with zero attached hydrogens (tertiary/aromatic N) is 2. The predicted molar refractivity (Wildman–Crippen MR) is 93.1 cm³/mol. The third-order valence-electron chi connectivity index (χ3n) is 3.15. The molecule has 0 atom stereocenters. The fraction of sp³-hybridized carbons (Fsp3) is 0.133. The van der Waals surface area contributed by atoms with Gasteiger partial charge in [-0.15, -0.1) is 11.6 Å². The maximum absolute atomic E-state index is 6.36.